The molecule has 138 valence electrons. The fourth-order valence-corrected chi connectivity index (χ4v) is 2.08. The summed E-state index contributed by atoms with van der Waals surface area (Å²) in [5.74, 6) is -0.0188. The number of ether oxygens (including phenoxy) is 1. The number of halogens is 1. The molecule has 0 aliphatic rings. The van der Waals surface area contributed by atoms with Gasteiger partial charge in [0.2, 0.25) is 11.7 Å². The van der Waals surface area contributed by atoms with E-state index in [2.05, 4.69) is 19.9 Å². The topological polar surface area (TPSA) is 146 Å². The predicted molar refractivity (Wildman–Crippen MR) is 90.5 cm³/mol. The summed E-state index contributed by atoms with van der Waals surface area (Å²) in [6, 6.07) is -0.361. The number of methoxy groups -OCH3 is 1. The van der Waals surface area contributed by atoms with Gasteiger partial charge >= 0.3 is 11.7 Å². The molecule has 0 radical (unpaired) electrons. The summed E-state index contributed by atoms with van der Waals surface area (Å²) < 4.78 is 11.0. The first kappa shape index (κ1) is 20.6. The van der Waals surface area contributed by atoms with E-state index in [1.54, 1.807) is 6.92 Å². The molecule has 0 fully saturated rings. The molecule has 2 aromatic heterocycles. The number of aryl methyl sites for hydroxylation is 1. The van der Waals surface area contributed by atoms with Crippen molar-refractivity contribution in [3.8, 4) is 11.4 Å². The van der Waals surface area contributed by atoms with Crippen molar-refractivity contribution in [2.24, 2.45) is 5.73 Å². The van der Waals surface area contributed by atoms with Crippen LogP contribution in [0, 0.1) is 0 Å². The predicted octanol–water partition coefficient (Wildman–Crippen LogP) is -0.149. The van der Waals surface area contributed by atoms with Gasteiger partial charge in [0.25, 0.3) is 5.56 Å². The van der Waals surface area contributed by atoms with Crippen LogP contribution in [0.4, 0.5) is 0 Å². The van der Waals surface area contributed by atoms with E-state index in [0.717, 1.165) is 0 Å². The maximum Gasteiger partial charge on any atom is 0.328 e. The van der Waals surface area contributed by atoms with Crippen molar-refractivity contribution in [2.45, 2.75) is 38.8 Å². The highest BCUT2D eigenvalue weighted by atomic mass is 35.5. The van der Waals surface area contributed by atoms with E-state index in [0.29, 0.717) is 13.0 Å². The lowest BCUT2D eigenvalue weighted by molar-refractivity contribution is -0.140. The van der Waals surface area contributed by atoms with E-state index in [1.165, 1.54) is 17.9 Å². The van der Waals surface area contributed by atoms with Gasteiger partial charge in [-0.15, -0.1) is 12.4 Å². The van der Waals surface area contributed by atoms with Crippen LogP contribution in [0.3, 0.4) is 0 Å². The summed E-state index contributed by atoms with van der Waals surface area (Å²) in [6.07, 6.45) is 2.24. The molecule has 11 heteroatoms. The van der Waals surface area contributed by atoms with E-state index in [4.69, 9.17) is 10.3 Å². The number of nitrogens with zero attached hydrogens (tertiary/aromatic N) is 3. The Balaban J connectivity index is 0.00000312. The molecule has 0 unspecified atom stereocenters. The van der Waals surface area contributed by atoms with Crippen molar-refractivity contribution in [3.63, 3.8) is 0 Å². The normalized spacial score (nSPS) is 11.6. The Morgan fingerprint density at radius 3 is 2.84 bits per heavy atom. The third-order valence-electron chi connectivity index (χ3n) is 3.44. The zero-order chi connectivity index (χ0) is 17.7. The van der Waals surface area contributed by atoms with E-state index in [1.807, 2.05) is 0 Å². The second-order valence-electron chi connectivity index (χ2n) is 5.18. The molecule has 0 aliphatic heterocycles. The van der Waals surface area contributed by atoms with Gasteiger partial charge in [-0.3, -0.25) is 14.6 Å². The number of nitrogens with one attached hydrogen (secondary N) is 1. The van der Waals surface area contributed by atoms with Gasteiger partial charge in [0.05, 0.1) is 7.11 Å². The molecule has 10 nitrogen and oxygen atoms in total. The van der Waals surface area contributed by atoms with Crippen LogP contribution in [-0.2, 0) is 22.5 Å². The van der Waals surface area contributed by atoms with Crippen LogP contribution in [-0.4, -0.2) is 38.8 Å². The second kappa shape index (κ2) is 9.14. The van der Waals surface area contributed by atoms with E-state index in [9.17, 15) is 14.4 Å². The molecule has 2 rings (SSSR count). The van der Waals surface area contributed by atoms with Crippen LogP contribution in [0.15, 0.2) is 20.3 Å². The lowest BCUT2D eigenvalue weighted by atomic mass is 10.1. The Hall–Kier alpha value is -2.46. The number of aromatic amines is 1. The van der Waals surface area contributed by atoms with Gasteiger partial charge in [0, 0.05) is 31.6 Å². The highest BCUT2D eigenvalue weighted by Crippen LogP contribution is 2.12. The van der Waals surface area contributed by atoms with Crippen molar-refractivity contribution >= 4 is 18.4 Å². The zero-order valence-electron chi connectivity index (χ0n) is 13.9. The van der Waals surface area contributed by atoms with Gasteiger partial charge < -0.3 is 19.6 Å². The Bertz CT molecular complexity index is 828. The fourth-order valence-electron chi connectivity index (χ4n) is 2.08. The van der Waals surface area contributed by atoms with Crippen LogP contribution >= 0.6 is 12.4 Å². The minimum Gasteiger partial charge on any atom is -0.469 e. The smallest absolute Gasteiger partial charge is 0.328 e. The minimum absolute atomic E-state index is 0. The molecule has 0 saturated heterocycles. The molecular formula is C14H20ClN5O5. The summed E-state index contributed by atoms with van der Waals surface area (Å²) in [5.41, 5.74) is 4.95. The molecular weight excluding hydrogens is 354 g/mol. The zero-order valence-corrected chi connectivity index (χ0v) is 14.7. The number of aromatic nitrogens is 4. The number of nitrogens with two attached hydrogens (primary N) is 1. The minimum atomic E-state index is -0.591. The Morgan fingerprint density at radius 2 is 2.20 bits per heavy atom. The average Bonchev–Trinajstić information content (AvgIpc) is 3.00. The van der Waals surface area contributed by atoms with Gasteiger partial charge in [-0.1, -0.05) is 5.16 Å². The number of hydrogen-bond acceptors (Lipinski definition) is 8. The molecule has 2 heterocycles. The van der Waals surface area contributed by atoms with Crippen LogP contribution in [0.5, 0.6) is 0 Å². The Kier molecular flexibility index (Phi) is 7.52. The molecule has 0 saturated carbocycles. The van der Waals surface area contributed by atoms with Crippen molar-refractivity contribution in [1.82, 2.24) is 19.7 Å². The van der Waals surface area contributed by atoms with Gasteiger partial charge in [0.15, 0.2) is 0 Å². The second-order valence-corrected chi connectivity index (χ2v) is 5.18. The SMILES string of the molecule is CCn1cc(-c2noc(C[C@H](N)CCC(=O)OC)n2)c(=O)[nH]c1=O.Cl. The average molecular weight is 374 g/mol. The first-order chi connectivity index (χ1) is 11.4. The van der Waals surface area contributed by atoms with Crippen LogP contribution in [0.1, 0.15) is 25.7 Å². The highest BCUT2D eigenvalue weighted by molar-refractivity contribution is 5.85. The largest absolute Gasteiger partial charge is 0.469 e. The quantitative estimate of drug-likeness (QED) is 0.637. The monoisotopic (exact) mass is 373 g/mol. The van der Waals surface area contributed by atoms with Gasteiger partial charge in [-0.2, -0.15) is 4.98 Å². The van der Waals surface area contributed by atoms with Crippen molar-refractivity contribution in [3.05, 3.63) is 32.9 Å². The third-order valence-corrected chi connectivity index (χ3v) is 3.44. The molecule has 25 heavy (non-hydrogen) atoms. The summed E-state index contributed by atoms with van der Waals surface area (Å²) >= 11 is 0. The number of hydrogen-bond donors (Lipinski definition) is 2. The van der Waals surface area contributed by atoms with Crippen molar-refractivity contribution in [2.75, 3.05) is 7.11 Å². The Labute approximate surface area is 148 Å². The van der Waals surface area contributed by atoms with E-state index >= 15 is 0 Å². The van der Waals surface area contributed by atoms with Gasteiger partial charge in [-0.25, -0.2) is 4.79 Å². The van der Waals surface area contributed by atoms with Crippen molar-refractivity contribution in [1.29, 1.82) is 0 Å². The molecule has 0 spiro atoms. The summed E-state index contributed by atoms with van der Waals surface area (Å²) in [7, 11) is 1.31. The number of H-pyrrole nitrogens is 1. The summed E-state index contributed by atoms with van der Waals surface area (Å²) in [5, 5.41) is 3.75. The van der Waals surface area contributed by atoms with Gasteiger partial charge in [-0.05, 0) is 13.3 Å². The summed E-state index contributed by atoms with van der Waals surface area (Å²) in [6.45, 7) is 2.16. The molecule has 0 amide bonds. The Morgan fingerprint density at radius 1 is 1.48 bits per heavy atom. The molecule has 1 atom stereocenters. The fraction of sp³-hybridized carbons (Fsp3) is 0.500. The van der Waals surface area contributed by atoms with E-state index in [-0.39, 0.29) is 54.5 Å². The lowest BCUT2D eigenvalue weighted by Crippen LogP contribution is -2.30. The molecule has 2 aromatic rings. The van der Waals surface area contributed by atoms with E-state index < -0.39 is 11.2 Å². The number of carbonyl (C=O) groups excluding carboxylic acids is 1. The molecule has 0 aliphatic carbocycles. The molecule has 0 aromatic carbocycles. The van der Waals surface area contributed by atoms with Crippen LogP contribution in [0.2, 0.25) is 0 Å². The summed E-state index contributed by atoms with van der Waals surface area (Å²) in [4.78, 5) is 40.8. The number of carbonyl (C=O) groups is 1. The van der Waals surface area contributed by atoms with Crippen LogP contribution in [0.25, 0.3) is 11.4 Å². The lowest BCUT2D eigenvalue weighted by Gasteiger charge is -2.07. The first-order valence-electron chi connectivity index (χ1n) is 7.43. The van der Waals surface area contributed by atoms with Crippen LogP contribution < -0.4 is 17.0 Å². The maximum atomic E-state index is 11.9. The van der Waals surface area contributed by atoms with Gasteiger partial charge in [0.1, 0.15) is 5.56 Å². The number of esters is 1. The van der Waals surface area contributed by atoms with Crippen molar-refractivity contribution < 1.29 is 14.1 Å². The maximum absolute atomic E-state index is 11.9. The first-order valence-corrected chi connectivity index (χ1v) is 7.43. The molecule has 3 N–H and O–H groups in total. The third kappa shape index (κ3) is 5.26. The highest BCUT2D eigenvalue weighted by Gasteiger charge is 2.16. The standard InChI is InChI=1S/C14H19N5O5.ClH/c1-3-19-7-9(13(21)17-14(19)22)12-16-10(24-18-12)6-8(15)4-5-11(20)23-2;/h7-8H,3-6,15H2,1-2H3,(H,17,21,22);1H/t8-;/m1./s1. The number of rotatable bonds is 7. The molecule has 0 bridgehead atoms.